The summed E-state index contributed by atoms with van der Waals surface area (Å²) in [6, 6.07) is 11.6. The highest BCUT2D eigenvalue weighted by Crippen LogP contribution is 2.34. The van der Waals surface area contributed by atoms with Crippen LogP contribution in [0.25, 0.3) is 11.7 Å². The van der Waals surface area contributed by atoms with Crippen LogP contribution >= 0.6 is 24.0 Å². The van der Waals surface area contributed by atoms with Crippen LogP contribution in [0.5, 0.6) is 0 Å². The van der Waals surface area contributed by atoms with Crippen molar-refractivity contribution < 1.29 is 14.6 Å². The second-order valence-electron chi connectivity index (χ2n) is 8.08. The molecule has 182 valence electrons. The van der Waals surface area contributed by atoms with Gasteiger partial charge in [-0.15, -0.1) is 0 Å². The summed E-state index contributed by atoms with van der Waals surface area (Å²) in [6.07, 6.45) is 3.22. The molecule has 3 aromatic rings. The van der Waals surface area contributed by atoms with E-state index < -0.39 is 0 Å². The SMILES string of the molecule is Cc1ccc(CN2C(=O)/C(=C\c3c(NCCOCCO)nc4c(C)cccn4c3=O)SC2=S)cc1. The number of hydrogen-bond donors (Lipinski definition) is 2. The van der Waals surface area contributed by atoms with Gasteiger partial charge in [-0.1, -0.05) is 59.9 Å². The third kappa shape index (κ3) is 5.62. The molecule has 8 nitrogen and oxygen atoms in total. The number of carbonyl (C=O) groups is 1. The fourth-order valence-electron chi connectivity index (χ4n) is 3.63. The Hall–Kier alpha value is -3.05. The van der Waals surface area contributed by atoms with Gasteiger partial charge in [-0.3, -0.25) is 18.9 Å². The number of benzene rings is 1. The molecule has 10 heteroatoms. The zero-order valence-electron chi connectivity index (χ0n) is 19.5. The van der Waals surface area contributed by atoms with Crippen molar-refractivity contribution in [3.05, 3.63) is 80.1 Å². The van der Waals surface area contributed by atoms with E-state index >= 15 is 0 Å². The molecule has 1 fully saturated rings. The molecule has 35 heavy (non-hydrogen) atoms. The minimum absolute atomic E-state index is 0.0650. The molecule has 0 bridgehead atoms. The predicted octanol–water partition coefficient (Wildman–Crippen LogP) is 3.13. The van der Waals surface area contributed by atoms with E-state index in [4.69, 9.17) is 22.1 Å². The highest BCUT2D eigenvalue weighted by Gasteiger charge is 2.32. The molecule has 4 rings (SSSR count). The summed E-state index contributed by atoms with van der Waals surface area (Å²) in [5.74, 6) is 0.118. The molecule has 3 heterocycles. The van der Waals surface area contributed by atoms with E-state index in [0.29, 0.717) is 40.4 Å². The van der Waals surface area contributed by atoms with Crippen LogP contribution in [-0.2, 0) is 16.1 Å². The number of aliphatic hydroxyl groups excluding tert-OH is 1. The molecule has 2 aromatic heterocycles. The maximum atomic E-state index is 13.4. The summed E-state index contributed by atoms with van der Waals surface area (Å²) >= 11 is 6.65. The third-order valence-corrected chi connectivity index (χ3v) is 6.85. The van der Waals surface area contributed by atoms with E-state index in [0.717, 1.165) is 16.7 Å². The molecular weight excluding hydrogens is 484 g/mol. The summed E-state index contributed by atoms with van der Waals surface area (Å²) in [6.45, 7) is 5.12. The number of aliphatic hydroxyl groups is 1. The van der Waals surface area contributed by atoms with E-state index in [9.17, 15) is 9.59 Å². The first-order valence-electron chi connectivity index (χ1n) is 11.1. The maximum Gasteiger partial charge on any atom is 0.267 e. The van der Waals surface area contributed by atoms with Crippen molar-refractivity contribution in [1.29, 1.82) is 0 Å². The lowest BCUT2D eigenvalue weighted by Gasteiger charge is -2.14. The quantitative estimate of drug-likeness (QED) is 0.258. The number of amides is 1. The molecule has 2 N–H and O–H groups in total. The van der Waals surface area contributed by atoms with Crippen molar-refractivity contribution in [3.63, 3.8) is 0 Å². The lowest BCUT2D eigenvalue weighted by molar-refractivity contribution is -0.122. The molecule has 1 aliphatic heterocycles. The zero-order valence-corrected chi connectivity index (χ0v) is 21.1. The van der Waals surface area contributed by atoms with Gasteiger partial charge in [-0.05, 0) is 37.1 Å². The van der Waals surface area contributed by atoms with Crippen molar-refractivity contribution in [2.75, 3.05) is 31.7 Å². The molecule has 1 aliphatic rings. The first-order chi connectivity index (χ1) is 16.9. The third-order valence-electron chi connectivity index (χ3n) is 5.47. The molecule has 0 atom stereocenters. The van der Waals surface area contributed by atoms with E-state index in [1.54, 1.807) is 23.2 Å². The highest BCUT2D eigenvalue weighted by molar-refractivity contribution is 8.26. The molecule has 0 spiro atoms. The van der Waals surface area contributed by atoms with Crippen LogP contribution in [0.15, 0.2) is 52.3 Å². The summed E-state index contributed by atoms with van der Waals surface area (Å²) < 4.78 is 7.22. The molecule has 0 saturated carbocycles. The number of aryl methyl sites for hydroxylation is 2. The van der Waals surface area contributed by atoms with Gasteiger partial charge in [0, 0.05) is 12.7 Å². The molecule has 1 aromatic carbocycles. The molecule has 1 saturated heterocycles. The monoisotopic (exact) mass is 510 g/mol. The molecule has 1 amide bonds. The lowest BCUT2D eigenvalue weighted by Crippen LogP contribution is -2.27. The van der Waals surface area contributed by atoms with Gasteiger partial charge < -0.3 is 15.2 Å². The predicted molar refractivity (Wildman–Crippen MR) is 142 cm³/mol. The Kier molecular flexibility index (Phi) is 7.97. The number of ether oxygens (including phenoxy) is 1. The fourth-order valence-corrected chi connectivity index (χ4v) is 4.87. The van der Waals surface area contributed by atoms with Crippen LogP contribution in [0.2, 0.25) is 0 Å². The first-order valence-corrected chi connectivity index (χ1v) is 12.4. The average molecular weight is 511 g/mol. The fraction of sp³-hybridized carbons (Fsp3) is 0.280. The van der Waals surface area contributed by atoms with Gasteiger partial charge >= 0.3 is 0 Å². The number of nitrogens with zero attached hydrogens (tertiary/aromatic N) is 3. The van der Waals surface area contributed by atoms with Crippen LogP contribution in [0.1, 0.15) is 22.3 Å². The number of anilines is 1. The van der Waals surface area contributed by atoms with Gasteiger partial charge in [-0.2, -0.15) is 0 Å². The minimum Gasteiger partial charge on any atom is -0.394 e. The molecular formula is C25H26N4O4S2. The largest absolute Gasteiger partial charge is 0.394 e. The number of carbonyl (C=O) groups excluding carboxylic acids is 1. The van der Waals surface area contributed by atoms with Crippen molar-refractivity contribution in [3.8, 4) is 0 Å². The van der Waals surface area contributed by atoms with Gasteiger partial charge in [0.25, 0.3) is 11.5 Å². The molecule has 0 unspecified atom stereocenters. The van der Waals surface area contributed by atoms with Gasteiger partial charge in [0.2, 0.25) is 0 Å². The van der Waals surface area contributed by atoms with Crippen LogP contribution < -0.4 is 10.9 Å². The highest BCUT2D eigenvalue weighted by atomic mass is 32.2. The van der Waals surface area contributed by atoms with Crippen LogP contribution in [0, 0.1) is 13.8 Å². The summed E-state index contributed by atoms with van der Waals surface area (Å²) in [5, 5.41) is 12.0. The summed E-state index contributed by atoms with van der Waals surface area (Å²) in [5.41, 5.74) is 3.47. The Morgan fingerprint density at radius 2 is 1.94 bits per heavy atom. The van der Waals surface area contributed by atoms with E-state index in [1.165, 1.54) is 16.2 Å². The van der Waals surface area contributed by atoms with E-state index in [-0.39, 0.29) is 30.2 Å². The van der Waals surface area contributed by atoms with Gasteiger partial charge in [-0.25, -0.2) is 4.98 Å². The number of rotatable bonds is 9. The Balaban J connectivity index is 1.67. The van der Waals surface area contributed by atoms with Crippen LogP contribution in [0.4, 0.5) is 5.82 Å². The number of thiocarbonyl (C=S) groups is 1. The van der Waals surface area contributed by atoms with Gasteiger partial charge in [0.05, 0.1) is 36.8 Å². The normalized spacial score (nSPS) is 14.9. The Bertz CT molecular complexity index is 1350. The number of nitrogens with one attached hydrogen (secondary N) is 1. The smallest absolute Gasteiger partial charge is 0.267 e. The number of aromatic nitrogens is 2. The zero-order chi connectivity index (χ0) is 24.9. The van der Waals surface area contributed by atoms with E-state index in [2.05, 4.69) is 10.3 Å². The molecule has 0 radical (unpaired) electrons. The summed E-state index contributed by atoms with van der Waals surface area (Å²) in [4.78, 5) is 33.2. The van der Waals surface area contributed by atoms with Crippen LogP contribution in [0.3, 0.4) is 0 Å². The number of thioether (sulfide) groups is 1. The number of fused-ring (bicyclic) bond motifs is 1. The average Bonchev–Trinajstić information content (AvgIpc) is 3.10. The van der Waals surface area contributed by atoms with Gasteiger partial charge in [0.1, 0.15) is 15.8 Å². The lowest BCUT2D eigenvalue weighted by atomic mass is 10.1. The number of hydrogen-bond acceptors (Lipinski definition) is 8. The second-order valence-corrected chi connectivity index (χ2v) is 9.76. The Labute approximate surface area is 212 Å². The maximum absolute atomic E-state index is 13.4. The van der Waals surface area contributed by atoms with Crippen molar-refractivity contribution in [2.24, 2.45) is 0 Å². The Morgan fingerprint density at radius 3 is 2.69 bits per heavy atom. The van der Waals surface area contributed by atoms with Crippen molar-refractivity contribution in [1.82, 2.24) is 14.3 Å². The standard InChI is InChI=1S/C25H26N4O4S2/c1-16-5-7-18(8-6-16)15-29-24(32)20(35-25(29)34)14-19-21(26-9-12-33-13-11-30)27-22-17(2)4-3-10-28(22)23(19)31/h3-8,10,14,26,30H,9,11-13,15H2,1-2H3/b20-14+. The van der Waals surface area contributed by atoms with Gasteiger partial charge in [0.15, 0.2) is 0 Å². The minimum atomic E-state index is -0.290. The van der Waals surface area contributed by atoms with Crippen LogP contribution in [-0.4, -0.2) is 56.0 Å². The Morgan fingerprint density at radius 1 is 1.17 bits per heavy atom. The van der Waals surface area contributed by atoms with Crippen molar-refractivity contribution in [2.45, 2.75) is 20.4 Å². The number of pyridine rings is 1. The summed E-state index contributed by atoms with van der Waals surface area (Å²) in [7, 11) is 0. The molecule has 0 aliphatic carbocycles. The topological polar surface area (TPSA) is 96.2 Å². The van der Waals surface area contributed by atoms with E-state index in [1.807, 2.05) is 44.2 Å². The second kappa shape index (κ2) is 11.1. The van der Waals surface area contributed by atoms with Crippen molar-refractivity contribution >= 4 is 51.7 Å². The first kappa shape index (κ1) is 25.1.